The van der Waals surface area contributed by atoms with Gasteiger partial charge in [0.15, 0.2) is 11.5 Å². The Morgan fingerprint density at radius 3 is 2.31 bits per heavy atom. The summed E-state index contributed by atoms with van der Waals surface area (Å²) in [5, 5.41) is 3.34. The number of hydrogen-bond acceptors (Lipinski definition) is 5. The maximum absolute atomic E-state index is 12.3. The van der Waals surface area contributed by atoms with Crippen molar-refractivity contribution in [3.05, 3.63) is 52.5 Å². The van der Waals surface area contributed by atoms with E-state index < -0.39 is 5.97 Å². The maximum atomic E-state index is 12.3. The lowest BCUT2D eigenvalue weighted by Crippen LogP contribution is -2.16. The predicted octanol–water partition coefficient (Wildman–Crippen LogP) is 3.72. The van der Waals surface area contributed by atoms with Crippen molar-refractivity contribution in [1.29, 1.82) is 0 Å². The van der Waals surface area contributed by atoms with E-state index in [0.717, 1.165) is 5.56 Å². The molecular weight excluding hydrogens is 358 g/mol. The highest BCUT2D eigenvalue weighted by Gasteiger charge is 2.19. The number of anilines is 1. The standard InChI is InChI=1S/C19H20ClNO5/c1-24-16-10-13(19(23)26-3)15(11-17(16)25-2)21-18(22)9-8-12-6-4-5-7-14(12)20/h4-7,10-11H,8-9H2,1-3H3,(H,21,22). The summed E-state index contributed by atoms with van der Waals surface area (Å²) in [4.78, 5) is 24.4. The molecule has 1 amide bonds. The largest absolute Gasteiger partial charge is 0.493 e. The van der Waals surface area contributed by atoms with E-state index in [1.807, 2.05) is 18.2 Å². The minimum Gasteiger partial charge on any atom is -0.493 e. The minimum absolute atomic E-state index is 0.177. The summed E-state index contributed by atoms with van der Waals surface area (Å²) in [6.45, 7) is 0. The van der Waals surface area contributed by atoms with Gasteiger partial charge >= 0.3 is 5.97 Å². The number of aryl methyl sites for hydroxylation is 1. The molecule has 1 N–H and O–H groups in total. The van der Waals surface area contributed by atoms with Crippen molar-refractivity contribution in [2.45, 2.75) is 12.8 Å². The zero-order valence-corrected chi connectivity index (χ0v) is 15.6. The molecule has 0 unspecified atom stereocenters. The molecule has 0 bridgehead atoms. The number of carbonyl (C=O) groups excluding carboxylic acids is 2. The fourth-order valence-corrected chi connectivity index (χ4v) is 2.65. The van der Waals surface area contributed by atoms with Crippen LogP contribution in [0.1, 0.15) is 22.3 Å². The van der Waals surface area contributed by atoms with E-state index >= 15 is 0 Å². The van der Waals surface area contributed by atoms with Gasteiger partial charge in [-0.1, -0.05) is 29.8 Å². The van der Waals surface area contributed by atoms with Crippen molar-refractivity contribution in [3.8, 4) is 11.5 Å². The van der Waals surface area contributed by atoms with E-state index in [0.29, 0.717) is 28.6 Å². The van der Waals surface area contributed by atoms with Crippen LogP contribution in [0.2, 0.25) is 5.02 Å². The Morgan fingerprint density at radius 1 is 1.04 bits per heavy atom. The van der Waals surface area contributed by atoms with Crippen LogP contribution in [0.25, 0.3) is 0 Å². The monoisotopic (exact) mass is 377 g/mol. The Balaban J connectivity index is 2.19. The first-order valence-corrected chi connectivity index (χ1v) is 8.25. The van der Waals surface area contributed by atoms with Gasteiger partial charge in [-0.15, -0.1) is 0 Å². The second kappa shape index (κ2) is 9.10. The van der Waals surface area contributed by atoms with E-state index in [4.69, 9.17) is 25.8 Å². The van der Waals surface area contributed by atoms with Crippen LogP contribution in [0.4, 0.5) is 5.69 Å². The van der Waals surface area contributed by atoms with Crippen LogP contribution >= 0.6 is 11.6 Å². The summed E-state index contributed by atoms with van der Waals surface area (Å²) in [5.74, 6) is -0.0989. The Bertz CT molecular complexity index is 807. The molecule has 26 heavy (non-hydrogen) atoms. The smallest absolute Gasteiger partial charge is 0.340 e. The molecule has 0 aliphatic rings. The van der Waals surface area contributed by atoms with Crippen molar-refractivity contribution in [3.63, 3.8) is 0 Å². The number of ether oxygens (including phenoxy) is 3. The lowest BCUT2D eigenvalue weighted by Gasteiger charge is -2.14. The Kier molecular flexibility index (Phi) is 6.86. The average Bonchev–Trinajstić information content (AvgIpc) is 2.66. The number of halogens is 1. The molecule has 0 fully saturated rings. The fraction of sp³-hybridized carbons (Fsp3) is 0.263. The lowest BCUT2D eigenvalue weighted by atomic mass is 10.1. The molecule has 0 aliphatic heterocycles. The molecule has 0 aromatic heterocycles. The van der Waals surface area contributed by atoms with Crippen LogP contribution in [0.5, 0.6) is 11.5 Å². The number of esters is 1. The van der Waals surface area contributed by atoms with Gasteiger partial charge < -0.3 is 19.5 Å². The molecule has 6 nitrogen and oxygen atoms in total. The molecule has 7 heteroatoms. The summed E-state index contributed by atoms with van der Waals surface area (Å²) < 4.78 is 15.2. The molecule has 0 radical (unpaired) electrons. The molecule has 138 valence electrons. The van der Waals surface area contributed by atoms with Gasteiger partial charge in [0.1, 0.15) is 0 Å². The third-order valence-electron chi connectivity index (χ3n) is 3.78. The third-order valence-corrected chi connectivity index (χ3v) is 4.15. The van der Waals surface area contributed by atoms with Gasteiger partial charge in [-0.3, -0.25) is 4.79 Å². The van der Waals surface area contributed by atoms with E-state index in [1.165, 1.54) is 33.5 Å². The number of hydrogen-bond donors (Lipinski definition) is 1. The van der Waals surface area contributed by atoms with Crippen LogP contribution in [0.15, 0.2) is 36.4 Å². The van der Waals surface area contributed by atoms with E-state index in [2.05, 4.69) is 5.32 Å². The van der Waals surface area contributed by atoms with Crippen LogP contribution in [0.3, 0.4) is 0 Å². The van der Waals surface area contributed by atoms with Crippen molar-refractivity contribution < 1.29 is 23.8 Å². The highest BCUT2D eigenvalue weighted by atomic mass is 35.5. The van der Waals surface area contributed by atoms with Crippen molar-refractivity contribution in [2.24, 2.45) is 0 Å². The average molecular weight is 378 g/mol. The van der Waals surface area contributed by atoms with Gasteiger partial charge in [-0.05, 0) is 18.1 Å². The highest BCUT2D eigenvalue weighted by molar-refractivity contribution is 6.31. The summed E-state index contributed by atoms with van der Waals surface area (Å²) >= 11 is 6.10. The molecule has 0 heterocycles. The highest BCUT2D eigenvalue weighted by Crippen LogP contribution is 2.34. The Hall–Kier alpha value is -2.73. The van der Waals surface area contributed by atoms with E-state index in [1.54, 1.807) is 6.07 Å². The van der Waals surface area contributed by atoms with Gasteiger partial charge in [0.25, 0.3) is 0 Å². The zero-order valence-electron chi connectivity index (χ0n) is 14.8. The van der Waals surface area contributed by atoms with E-state index in [-0.39, 0.29) is 17.9 Å². The molecule has 2 aromatic carbocycles. The number of rotatable bonds is 7. The summed E-state index contributed by atoms with van der Waals surface area (Å²) in [7, 11) is 4.20. The number of amides is 1. The zero-order chi connectivity index (χ0) is 19.1. The lowest BCUT2D eigenvalue weighted by molar-refractivity contribution is -0.116. The molecule has 0 spiro atoms. The molecule has 0 saturated carbocycles. The first kappa shape index (κ1) is 19.6. The second-order valence-corrected chi connectivity index (χ2v) is 5.79. The third kappa shape index (κ3) is 4.67. The van der Waals surface area contributed by atoms with Gasteiger partial charge in [0.05, 0.1) is 32.6 Å². The van der Waals surface area contributed by atoms with Gasteiger partial charge in [0, 0.05) is 23.6 Å². The first-order chi connectivity index (χ1) is 12.5. The van der Waals surface area contributed by atoms with Crippen LogP contribution in [0, 0.1) is 0 Å². The number of nitrogens with one attached hydrogen (secondary N) is 1. The van der Waals surface area contributed by atoms with Gasteiger partial charge in [-0.2, -0.15) is 0 Å². The number of benzene rings is 2. The first-order valence-electron chi connectivity index (χ1n) is 7.87. The summed E-state index contributed by atoms with van der Waals surface area (Å²) in [6, 6.07) is 10.3. The minimum atomic E-state index is -0.590. The SMILES string of the molecule is COC(=O)c1cc(OC)c(OC)cc1NC(=O)CCc1ccccc1Cl. The van der Waals surface area contributed by atoms with Crippen molar-refractivity contribution in [1.82, 2.24) is 0 Å². The molecule has 2 aromatic rings. The topological polar surface area (TPSA) is 73.9 Å². The summed E-state index contributed by atoms with van der Waals surface area (Å²) in [6.07, 6.45) is 0.686. The quantitative estimate of drug-likeness (QED) is 0.744. The van der Waals surface area contributed by atoms with Crippen LogP contribution in [-0.4, -0.2) is 33.2 Å². The molecule has 2 rings (SSSR count). The van der Waals surface area contributed by atoms with E-state index in [9.17, 15) is 9.59 Å². The van der Waals surface area contributed by atoms with Gasteiger partial charge in [0.2, 0.25) is 5.91 Å². The molecule has 0 atom stereocenters. The van der Waals surface area contributed by atoms with Crippen LogP contribution < -0.4 is 14.8 Å². The number of carbonyl (C=O) groups is 2. The summed E-state index contributed by atoms with van der Waals surface area (Å²) in [5.41, 5.74) is 1.35. The van der Waals surface area contributed by atoms with Gasteiger partial charge in [-0.25, -0.2) is 4.79 Å². The fourth-order valence-electron chi connectivity index (χ4n) is 2.42. The normalized spacial score (nSPS) is 10.2. The number of methoxy groups -OCH3 is 3. The van der Waals surface area contributed by atoms with Crippen molar-refractivity contribution >= 4 is 29.2 Å². The van der Waals surface area contributed by atoms with Crippen LogP contribution in [-0.2, 0) is 16.0 Å². The molecular formula is C19H20ClNO5. The Morgan fingerprint density at radius 2 is 1.69 bits per heavy atom. The second-order valence-electron chi connectivity index (χ2n) is 5.38. The molecule has 0 aliphatic carbocycles. The van der Waals surface area contributed by atoms with Crippen molar-refractivity contribution in [2.75, 3.05) is 26.6 Å². The molecule has 0 saturated heterocycles. The Labute approximate surface area is 157 Å². The predicted molar refractivity (Wildman–Crippen MR) is 99.3 cm³/mol. The maximum Gasteiger partial charge on any atom is 0.340 e.